The van der Waals surface area contributed by atoms with Gasteiger partial charge < -0.3 is 5.32 Å². The maximum absolute atomic E-state index is 13.5. The van der Waals surface area contributed by atoms with Crippen molar-refractivity contribution in [2.24, 2.45) is 0 Å². The fourth-order valence-electron chi connectivity index (χ4n) is 3.88. The lowest BCUT2D eigenvalue weighted by atomic mass is 10.0. The molecule has 1 amide bonds. The number of aryl methyl sites for hydroxylation is 3. The molecule has 1 N–H and O–H groups in total. The lowest BCUT2D eigenvalue weighted by Gasteiger charge is -2.27. The number of anilines is 1. The Morgan fingerprint density at radius 1 is 0.969 bits per heavy atom. The van der Waals surface area contributed by atoms with E-state index in [1.165, 1.54) is 4.31 Å². The summed E-state index contributed by atoms with van der Waals surface area (Å²) >= 11 is 0. The normalized spacial score (nSPS) is 12.2. The van der Waals surface area contributed by atoms with Gasteiger partial charge in [-0.1, -0.05) is 67.1 Å². The first-order chi connectivity index (χ1) is 15.2. The van der Waals surface area contributed by atoms with Crippen LogP contribution < -0.4 is 9.62 Å². The number of carbonyl (C=O) groups is 1. The van der Waals surface area contributed by atoms with Crippen molar-refractivity contribution in [1.29, 1.82) is 0 Å². The predicted octanol–water partition coefficient (Wildman–Crippen LogP) is 4.94. The fraction of sp³-hybridized carbons (Fsp3) is 0.269. The third-order valence-corrected chi connectivity index (χ3v) is 7.30. The topological polar surface area (TPSA) is 66.5 Å². The Balaban J connectivity index is 1.93. The molecule has 0 radical (unpaired) electrons. The zero-order valence-corrected chi connectivity index (χ0v) is 19.8. The summed E-state index contributed by atoms with van der Waals surface area (Å²) in [7, 11) is -3.92. The van der Waals surface area contributed by atoms with Gasteiger partial charge in [-0.25, -0.2) is 8.42 Å². The highest BCUT2D eigenvalue weighted by molar-refractivity contribution is 7.92. The number of amides is 1. The van der Waals surface area contributed by atoms with Crippen LogP contribution in [0.5, 0.6) is 0 Å². The van der Waals surface area contributed by atoms with Crippen LogP contribution in [-0.2, 0) is 21.2 Å². The molecule has 5 nitrogen and oxygen atoms in total. The van der Waals surface area contributed by atoms with Crippen molar-refractivity contribution in [3.8, 4) is 0 Å². The number of nitrogens with one attached hydrogen (secondary N) is 1. The van der Waals surface area contributed by atoms with Crippen molar-refractivity contribution in [2.75, 3.05) is 10.8 Å². The molecule has 0 saturated carbocycles. The number of rotatable bonds is 8. The average Bonchev–Trinajstić information content (AvgIpc) is 2.77. The smallest absolute Gasteiger partial charge is 0.264 e. The van der Waals surface area contributed by atoms with Crippen molar-refractivity contribution in [3.63, 3.8) is 0 Å². The SMILES string of the molecule is CCc1ccccc1N(CC(=O)NC(C)c1ccc(C)cc1C)S(=O)(=O)c1ccccc1. The monoisotopic (exact) mass is 450 g/mol. The second kappa shape index (κ2) is 10.0. The average molecular weight is 451 g/mol. The van der Waals surface area contributed by atoms with Gasteiger partial charge in [0, 0.05) is 0 Å². The Hall–Kier alpha value is -3.12. The van der Waals surface area contributed by atoms with Crippen LogP contribution >= 0.6 is 0 Å². The lowest BCUT2D eigenvalue weighted by molar-refractivity contribution is -0.120. The highest BCUT2D eigenvalue weighted by Gasteiger charge is 2.29. The van der Waals surface area contributed by atoms with Crippen LogP contribution in [0.3, 0.4) is 0 Å². The maximum Gasteiger partial charge on any atom is 0.264 e. The van der Waals surface area contributed by atoms with E-state index in [0.29, 0.717) is 12.1 Å². The molecule has 3 rings (SSSR count). The van der Waals surface area contributed by atoms with Gasteiger partial charge in [0.2, 0.25) is 5.91 Å². The molecule has 0 aromatic heterocycles. The molecular formula is C26H30N2O3S. The molecule has 0 aliphatic heterocycles. The molecule has 0 fully saturated rings. The maximum atomic E-state index is 13.5. The van der Waals surface area contributed by atoms with E-state index >= 15 is 0 Å². The summed E-state index contributed by atoms with van der Waals surface area (Å²) < 4.78 is 28.3. The largest absolute Gasteiger partial charge is 0.348 e. The van der Waals surface area contributed by atoms with Crippen LogP contribution in [0.4, 0.5) is 5.69 Å². The minimum Gasteiger partial charge on any atom is -0.348 e. The van der Waals surface area contributed by atoms with Gasteiger partial charge in [0.15, 0.2) is 0 Å². The number of sulfonamides is 1. The molecule has 3 aromatic rings. The Kier molecular flexibility index (Phi) is 7.36. The fourth-order valence-corrected chi connectivity index (χ4v) is 5.36. The molecular weight excluding hydrogens is 420 g/mol. The van der Waals surface area contributed by atoms with Crippen LogP contribution in [0.15, 0.2) is 77.7 Å². The number of hydrogen-bond acceptors (Lipinski definition) is 3. The predicted molar refractivity (Wildman–Crippen MR) is 129 cm³/mol. The van der Waals surface area contributed by atoms with Crippen LogP contribution in [0.25, 0.3) is 0 Å². The molecule has 32 heavy (non-hydrogen) atoms. The summed E-state index contributed by atoms with van der Waals surface area (Å²) in [6.45, 7) is 7.61. The molecule has 1 unspecified atom stereocenters. The molecule has 168 valence electrons. The first-order valence-electron chi connectivity index (χ1n) is 10.8. The first kappa shape index (κ1) is 23.5. The van der Waals surface area contributed by atoms with Crippen LogP contribution in [0.2, 0.25) is 0 Å². The van der Waals surface area contributed by atoms with Gasteiger partial charge >= 0.3 is 0 Å². The van der Waals surface area contributed by atoms with Crippen molar-refractivity contribution < 1.29 is 13.2 Å². The van der Waals surface area contributed by atoms with Crippen molar-refractivity contribution in [2.45, 2.75) is 45.1 Å². The Labute approximate surface area is 191 Å². The van der Waals surface area contributed by atoms with E-state index in [4.69, 9.17) is 0 Å². The Bertz CT molecular complexity index is 1190. The third-order valence-electron chi connectivity index (χ3n) is 5.53. The van der Waals surface area contributed by atoms with E-state index in [0.717, 1.165) is 22.3 Å². The molecule has 0 aliphatic carbocycles. The molecule has 6 heteroatoms. The van der Waals surface area contributed by atoms with Gasteiger partial charge in [-0.2, -0.15) is 0 Å². The molecule has 3 aromatic carbocycles. The first-order valence-corrected chi connectivity index (χ1v) is 12.2. The zero-order valence-electron chi connectivity index (χ0n) is 19.0. The van der Waals surface area contributed by atoms with Crippen molar-refractivity contribution in [1.82, 2.24) is 5.32 Å². The van der Waals surface area contributed by atoms with E-state index in [-0.39, 0.29) is 23.4 Å². The van der Waals surface area contributed by atoms with E-state index in [1.54, 1.807) is 42.5 Å². The van der Waals surface area contributed by atoms with Gasteiger partial charge in [-0.3, -0.25) is 9.10 Å². The van der Waals surface area contributed by atoms with E-state index < -0.39 is 10.0 Å². The number of carbonyl (C=O) groups excluding carboxylic acids is 1. The molecule has 0 aliphatic rings. The highest BCUT2D eigenvalue weighted by atomic mass is 32.2. The van der Waals surface area contributed by atoms with Crippen LogP contribution in [0.1, 0.15) is 42.1 Å². The molecule has 0 heterocycles. The Morgan fingerprint density at radius 2 is 1.62 bits per heavy atom. The second-order valence-corrected chi connectivity index (χ2v) is 9.82. The van der Waals surface area contributed by atoms with E-state index in [1.807, 2.05) is 52.0 Å². The van der Waals surface area contributed by atoms with Crippen LogP contribution in [0, 0.1) is 13.8 Å². The summed E-state index contributed by atoms with van der Waals surface area (Å²) in [5.41, 5.74) is 4.63. The zero-order chi connectivity index (χ0) is 23.3. The number of para-hydroxylation sites is 1. The second-order valence-electron chi connectivity index (χ2n) is 7.96. The van der Waals surface area contributed by atoms with Crippen LogP contribution in [-0.4, -0.2) is 20.9 Å². The van der Waals surface area contributed by atoms with E-state index in [9.17, 15) is 13.2 Å². The van der Waals surface area contributed by atoms with Gasteiger partial charge in [0.25, 0.3) is 10.0 Å². The summed E-state index contributed by atoms with van der Waals surface area (Å²) in [6, 6.07) is 21.4. The van der Waals surface area contributed by atoms with Crippen molar-refractivity contribution in [3.05, 3.63) is 95.1 Å². The van der Waals surface area contributed by atoms with E-state index in [2.05, 4.69) is 11.4 Å². The minimum atomic E-state index is -3.92. The lowest BCUT2D eigenvalue weighted by Crippen LogP contribution is -2.42. The Morgan fingerprint density at radius 3 is 2.28 bits per heavy atom. The molecule has 1 atom stereocenters. The summed E-state index contributed by atoms with van der Waals surface area (Å²) in [5, 5.41) is 2.97. The minimum absolute atomic E-state index is 0.154. The van der Waals surface area contributed by atoms with Gasteiger partial charge in [0.1, 0.15) is 6.54 Å². The molecule has 0 bridgehead atoms. The standard InChI is InChI=1S/C26H30N2O3S/c1-5-22-11-9-10-14-25(22)28(32(30,31)23-12-7-6-8-13-23)18-26(29)27-21(4)24-16-15-19(2)17-20(24)3/h6-17,21H,5,18H2,1-4H3,(H,27,29). The highest BCUT2D eigenvalue weighted by Crippen LogP contribution is 2.27. The summed E-state index contributed by atoms with van der Waals surface area (Å²) in [5.74, 6) is -0.358. The number of hydrogen-bond donors (Lipinski definition) is 1. The number of benzene rings is 3. The molecule has 0 saturated heterocycles. The van der Waals surface area contributed by atoms with Gasteiger partial charge in [-0.05, 0) is 62.1 Å². The van der Waals surface area contributed by atoms with Gasteiger partial charge in [0.05, 0.1) is 16.6 Å². The number of nitrogens with zero attached hydrogens (tertiary/aromatic N) is 1. The third kappa shape index (κ3) is 5.19. The quantitative estimate of drug-likeness (QED) is 0.529. The van der Waals surface area contributed by atoms with Crippen molar-refractivity contribution >= 4 is 21.6 Å². The van der Waals surface area contributed by atoms with Gasteiger partial charge in [-0.15, -0.1) is 0 Å². The summed E-state index contributed by atoms with van der Waals surface area (Å²) in [4.78, 5) is 13.2. The molecule has 0 spiro atoms. The summed E-state index contributed by atoms with van der Waals surface area (Å²) in [6.07, 6.45) is 0.650.